The van der Waals surface area contributed by atoms with E-state index in [0.29, 0.717) is 12.3 Å². The molecule has 0 radical (unpaired) electrons. The van der Waals surface area contributed by atoms with Crippen LogP contribution in [0.25, 0.3) is 0 Å². The molecule has 1 atom stereocenters. The molecule has 0 aliphatic heterocycles. The number of carbonyl (C=O) groups is 1. The predicted octanol–water partition coefficient (Wildman–Crippen LogP) is 1.27. The van der Waals surface area contributed by atoms with Crippen LogP contribution < -0.4 is 0 Å². The van der Waals surface area contributed by atoms with Gasteiger partial charge in [-0.05, 0) is 24.5 Å². The summed E-state index contributed by atoms with van der Waals surface area (Å²) >= 11 is 5.49. The van der Waals surface area contributed by atoms with Crippen LogP contribution in [-0.2, 0) is 4.79 Å². The van der Waals surface area contributed by atoms with E-state index in [4.69, 9.17) is 11.6 Å². The molecule has 0 unspecified atom stereocenters. The summed E-state index contributed by atoms with van der Waals surface area (Å²) in [5.41, 5.74) is 1.53. The van der Waals surface area contributed by atoms with Crippen molar-refractivity contribution in [2.75, 3.05) is 5.88 Å². The lowest BCUT2D eigenvalue weighted by molar-refractivity contribution is -0.115. The van der Waals surface area contributed by atoms with E-state index in [1.165, 1.54) is 0 Å². The number of aliphatic hydroxyl groups excluding tert-OH is 1. The SMILES string of the molecule is CC1=C(CCCl)C(=O)C[C@@H]1O. The second kappa shape index (κ2) is 3.37. The average Bonchev–Trinajstić information content (AvgIpc) is 2.17. The van der Waals surface area contributed by atoms with Gasteiger partial charge in [0, 0.05) is 12.3 Å². The number of allylic oxidation sites excluding steroid dienone is 1. The normalized spacial score (nSPS) is 25.0. The van der Waals surface area contributed by atoms with E-state index in [1.807, 2.05) is 0 Å². The highest BCUT2D eigenvalue weighted by molar-refractivity contribution is 6.18. The summed E-state index contributed by atoms with van der Waals surface area (Å²) < 4.78 is 0. The van der Waals surface area contributed by atoms with Crippen LogP contribution in [0.5, 0.6) is 0 Å². The van der Waals surface area contributed by atoms with Crippen molar-refractivity contribution >= 4 is 17.4 Å². The molecule has 1 aliphatic carbocycles. The van der Waals surface area contributed by atoms with Gasteiger partial charge in [-0.1, -0.05) is 0 Å². The van der Waals surface area contributed by atoms with Crippen molar-refractivity contribution in [3.8, 4) is 0 Å². The molecule has 11 heavy (non-hydrogen) atoms. The number of halogens is 1. The van der Waals surface area contributed by atoms with Gasteiger partial charge in [0.15, 0.2) is 5.78 Å². The van der Waals surface area contributed by atoms with Crippen molar-refractivity contribution in [3.05, 3.63) is 11.1 Å². The molecule has 0 aromatic carbocycles. The summed E-state index contributed by atoms with van der Waals surface area (Å²) in [5.74, 6) is 0.501. The second-order valence-corrected chi connectivity index (χ2v) is 3.12. The van der Waals surface area contributed by atoms with E-state index in [0.717, 1.165) is 11.1 Å². The van der Waals surface area contributed by atoms with E-state index in [1.54, 1.807) is 6.92 Å². The van der Waals surface area contributed by atoms with E-state index in [9.17, 15) is 9.90 Å². The van der Waals surface area contributed by atoms with Crippen molar-refractivity contribution < 1.29 is 9.90 Å². The van der Waals surface area contributed by atoms with Gasteiger partial charge in [0.2, 0.25) is 0 Å². The smallest absolute Gasteiger partial charge is 0.161 e. The summed E-state index contributed by atoms with van der Waals surface area (Å²) in [6, 6.07) is 0. The first-order valence-electron chi connectivity index (χ1n) is 3.63. The molecule has 0 spiro atoms. The van der Waals surface area contributed by atoms with Crippen LogP contribution >= 0.6 is 11.6 Å². The first-order valence-corrected chi connectivity index (χ1v) is 4.17. The van der Waals surface area contributed by atoms with Crippen LogP contribution in [0.3, 0.4) is 0 Å². The number of rotatable bonds is 2. The van der Waals surface area contributed by atoms with E-state index in [-0.39, 0.29) is 12.2 Å². The van der Waals surface area contributed by atoms with Gasteiger partial charge in [0.25, 0.3) is 0 Å². The van der Waals surface area contributed by atoms with Crippen LogP contribution in [0, 0.1) is 0 Å². The highest BCUT2D eigenvalue weighted by Crippen LogP contribution is 2.25. The number of aliphatic hydroxyl groups is 1. The fraction of sp³-hybridized carbons (Fsp3) is 0.625. The summed E-state index contributed by atoms with van der Waals surface area (Å²) in [5, 5.41) is 9.24. The van der Waals surface area contributed by atoms with Crippen molar-refractivity contribution in [1.29, 1.82) is 0 Å². The Morgan fingerprint density at radius 2 is 2.36 bits per heavy atom. The highest BCUT2D eigenvalue weighted by Gasteiger charge is 2.26. The zero-order valence-corrected chi connectivity index (χ0v) is 7.19. The fourth-order valence-electron chi connectivity index (χ4n) is 1.30. The third-order valence-electron chi connectivity index (χ3n) is 2.04. The molecular weight excluding hydrogens is 164 g/mol. The molecule has 0 fully saturated rings. The number of Topliss-reactive ketones (excluding diaryl/α,β-unsaturated/α-hetero) is 1. The van der Waals surface area contributed by atoms with Gasteiger partial charge in [0.1, 0.15) is 0 Å². The lowest BCUT2D eigenvalue weighted by Crippen LogP contribution is -2.03. The second-order valence-electron chi connectivity index (χ2n) is 2.74. The number of alkyl halides is 1. The first kappa shape index (κ1) is 8.75. The zero-order chi connectivity index (χ0) is 8.43. The van der Waals surface area contributed by atoms with E-state index >= 15 is 0 Å². The quantitative estimate of drug-likeness (QED) is 0.641. The van der Waals surface area contributed by atoms with Gasteiger partial charge in [-0.25, -0.2) is 0 Å². The van der Waals surface area contributed by atoms with Crippen LogP contribution in [0.2, 0.25) is 0 Å². The molecule has 0 amide bonds. The molecule has 1 aliphatic rings. The third-order valence-corrected chi connectivity index (χ3v) is 2.22. The van der Waals surface area contributed by atoms with Gasteiger partial charge in [-0.15, -0.1) is 11.6 Å². The Morgan fingerprint density at radius 3 is 2.73 bits per heavy atom. The van der Waals surface area contributed by atoms with Gasteiger partial charge in [-0.3, -0.25) is 4.79 Å². The van der Waals surface area contributed by atoms with Crippen LogP contribution in [0.4, 0.5) is 0 Å². The monoisotopic (exact) mass is 174 g/mol. The minimum absolute atomic E-state index is 0.0515. The number of hydrogen-bond acceptors (Lipinski definition) is 2. The minimum atomic E-state index is -0.555. The van der Waals surface area contributed by atoms with Crippen molar-refractivity contribution in [2.24, 2.45) is 0 Å². The Kier molecular flexibility index (Phi) is 2.68. The van der Waals surface area contributed by atoms with Crippen molar-refractivity contribution in [3.63, 3.8) is 0 Å². The molecule has 0 saturated carbocycles. The van der Waals surface area contributed by atoms with E-state index in [2.05, 4.69) is 0 Å². The van der Waals surface area contributed by atoms with Gasteiger partial charge in [0.05, 0.1) is 6.10 Å². The lowest BCUT2D eigenvalue weighted by atomic mass is 10.1. The van der Waals surface area contributed by atoms with Crippen molar-refractivity contribution in [1.82, 2.24) is 0 Å². The number of hydrogen-bond donors (Lipinski definition) is 1. The van der Waals surface area contributed by atoms with Gasteiger partial charge >= 0.3 is 0 Å². The minimum Gasteiger partial charge on any atom is -0.388 e. The maximum atomic E-state index is 11.1. The molecule has 0 bridgehead atoms. The number of carbonyl (C=O) groups excluding carboxylic acids is 1. The standard InChI is InChI=1S/C8H11ClO2/c1-5-6(2-3-9)8(11)4-7(5)10/h7,10H,2-4H2,1H3/t7-/m0/s1. The Labute approximate surface area is 70.9 Å². The average molecular weight is 175 g/mol. The Morgan fingerprint density at radius 1 is 1.73 bits per heavy atom. The summed E-state index contributed by atoms with van der Waals surface area (Å²) in [7, 11) is 0. The lowest BCUT2D eigenvalue weighted by Gasteiger charge is -2.00. The molecule has 62 valence electrons. The van der Waals surface area contributed by atoms with Crippen molar-refractivity contribution in [2.45, 2.75) is 25.9 Å². The molecule has 0 aromatic rings. The molecule has 0 aromatic heterocycles. The van der Waals surface area contributed by atoms with Gasteiger partial charge < -0.3 is 5.11 Å². The topological polar surface area (TPSA) is 37.3 Å². The third kappa shape index (κ3) is 1.63. The predicted molar refractivity (Wildman–Crippen MR) is 43.7 cm³/mol. The maximum absolute atomic E-state index is 11.1. The summed E-state index contributed by atoms with van der Waals surface area (Å²) in [4.78, 5) is 11.1. The van der Waals surface area contributed by atoms with Crippen LogP contribution in [-0.4, -0.2) is 22.9 Å². The first-order chi connectivity index (χ1) is 5.16. The largest absolute Gasteiger partial charge is 0.388 e. The zero-order valence-electron chi connectivity index (χ0n) is 6.43. The molecule has 1 rings (SSSR count). The fourth-order valence-corrected chi connectivity index (χ4v) is 1.49. The van der Waals surface area contributed by atoms with Gasteiger partial charge in [-0.2, -0.15) is 0 Å². The maximum Gasteiger partial charge on any atom is 0.161 e. The van der Waals surface area contributed by atoms with E-state index < -0.39 is 6.10 Å². The molecule has 1 N–H and O–H groups in total. The Balaban J connectivity index is 2.79. The molecular formula is C8H11ClO2. The Bertz CT molecular complexity index is 208. The van der Waals surface area contributed by atoms with Crippen LogP contribution in [0.1, 0.15) is 19.8 Å². The summed E-state index contributed by atoms with van der Waals surface area (Å²) in [6.07, 6.45) is 0.280. The molecule has 0 saturated heterocycles. The molecule has 0 heterocycles. The molecule has 2 nitrogen and oxygen atoms in total. The van der Waals surface area contributed by atoms with Crippen LogP contribution in [0.15, 0.2) is 11.1 Å². The highest BCUT2D eigenvalue weighted by atomic mass is 35.5. The summed E-state index contributed by atoms with van der Waals surface area (Å²) in [6.45, 7) is 1.79. The molecule has 3 heteroatoms. The number of ketones is 1. The Hall–Kier alpha value is -0.340.